The zero-order chi connectivity index (χ0) is 15.0. The van der Waals surface area contributed by atoms with E-state index in [1.165, 1.54) is 0 Å². The van der Waals surface area contributed by atoms with Gasteiger partial charge >= 0.3 is 17.4 Å². The Hall–Kier alpha value is 1.46. The minimum Gasteiger partial charge on any atom is -0.786 e. The van der Waals surface area contributed by atoms with Gasteiger partial charge in [-0.25, -0.2) is 0 Å². The minimum absolute atomic E-state index is 0. The molecule has 0 amide bonds. The molecule has 0 saturated heterocycles. The molecule has 0 spiro atoms. The van der Waals surface area contributed by atoms with E-state index in [4.69, 9.17) is 14.7 Å². The summed E-state index contributed by atoms with van der Waals surface area (Å²) in [5, 5.41) is 0. The fourth-order valence-corrected chi connectivity index (χ4v) is 0.994. The maximum atomic E-state index is 9.53. The summed E-state index contributed by atoms with van der Waals surface area (Å²) in [6, 6.07) is 0. The average molecular weight is 354 g/mol. The third-order valence-corrected chi connectivity index (χ3v) is 2.16. The Labute approximate surface area is 127 Å². The molecule has 0 heterocycles. The molecule has 0 aliphatic rings. The topological polar surface area (TPSA) is 158 Å². The molecule has 9 nitrogen and oxygen atoms in total. The van der Waals surface area contributed by atoms with E-state index in [1.807, 2.05) is 0 Å². The van der Waals surface area contributed by atoms with Gasteiger partial charge in [0.2, 0.25) is 0 Å². The first kappa shape index (κ1) is 28.6. The normalized spacial score (nSPS) is 13.7. The summed E-state index contributed by atoms with van der Waals surface area (Å²) in [5.41, 5.74) is 0. The summed E-state index contributed by atoms with van der Waals surface area (Å²) >= 11 is 0. The molecule has 3 atom stereocenters. The largest absolute Gasteiger partial charge is 3.00 e. The van der Waals surface area contributed by atoms with Crippen LogP contribution >= 0.6 is 25.8 Å². The van der Waals surface area contributed by atoms with Crippen LogP contribution in [0.2, 0.25) is 0 Å². The fourth-order valence-electron chi connectivity index (χ4n) is 0.331. The van der Waals surface area contributed by atoms with Crippen molar-refractivity contribution in [2.45, 2.75) is 20.8 Å². The third-order valence-electron chi connectivity index (χ3n) is 0.719. The molecule has 0 saturated carbocycles. The number of hydrogen-bond acceptors (Lipinski definition) is 9. The fraction of sp³-hybridized carbons (Fsp3) is 1.00. The van der Waals surface area contributed by atoms with Crippen molar-refractivity contribution in [2.24, 2.45) is 0 Å². The van der Waals surface area contributed by atoms with Crippen molar-refractivity contribution in [1.82, 2.24) is 0 Å². The zero-order valence-electron chi connectivity index (χ0n) is 10.8. The molecule has 0 bridgehead atoms. The van der Waals surface area contributed by atoms with E-state index in [2.05, 4.69) is 13.6 Å². The summed E-state index contributed by atoms with van der Waals surface area (Å²) in [6.45, 7) is 5.86. The van der Waals surface area contributed by atoms with Crippen molar-refractivity contribution in [3.05, 3.63) is 0 Å². The van der Waals surface area contributed by atoms with Gasteiger partial charge in [0.15, 0.2) is 0 Å². The average Bonchev–Trinajstić information content (AvgIpc) is 2.18. The van der Waals surface area contributed by atoms with Gasteiger partial charge < -0.3 is 42.9 Å². The van der Waals surface area contributed by atoms with Gasteiger partial charge in [-0.15, -0.1) is 0 Å². The van der Waals surface area contributed by atoms with Crippen LogP contribution in [-0.4, -0.2) is 51.9 Å². The number of rotatable bonds is 6. The van der Waals surface area contributed by atoms with Gasteiger partial charge in [-0.2, -0.15) is 0 Å². The Kier molecular flexibility index (Phi) is 36.8. The van der Waals surface area contributed by atoms with Gasteiger partial charge in [0, 0.05) is 19.8 Å². The quantitative estimate of drug-likeness (QED) is 0.378. The van der Waals surface area contributed by atoms with Gasteiger partial charge in [-0.05, 0) is 20.8 Å². The van der Waals surface area contributed by atoms with Gasteiger partial charge in [0.25, 0.3) is 0 Å². The van der Waals surface area contributed by atoms with Gasteiger partial charge in [-0.1, -0.05) is 0 Å². The predicted molar refractivity (Wildman–Crippen MR) is 68.0 cm³/mol. The minimum atomic E-state index is -2.35. The van der Waals surface area contributed by atoms with Crippen LogP contribution in [0.5, 0.6) is 0 Å². The molecule has 114 valence electrons. The van der Waals surface area contributed by atoms with Crippen LogP contribution in [0.25, 0.3) is 0 Å². The molecule has 0 aliphatic heterocycles. The van der Waals surface area contributed by atoms with E-state index < -0.39 is 25.8 Å². The molecule has 0 aromatic rings. The first-order valence-electron chi connectivity index (χ1n) is 4.68. The molecule has 3 N–H and O–H groups in total. The Morgan fingerprint density at radius 1 is 0.684 bits per heavy atom. The van der Waals surface area contributed by atoms with Crippen molar-refractivity contribution in [3.8, 4) is 0 Å². The SMILES string of the molecule is CCOP([O-])O.CCOP([O-])O.CCOP([O-])O.[Al+3]. The summed E-state index contributed by atoms with van der Waals surface area (Å²) in [4.78, 5) is 52.1. The molecular formula is C6H18AlO9P3. The van der Waals surface area contributed by atoms with E-state index in [0.717, 1.165) is 0 Å². The van der Waals surface area contributed by atoms with Gasteiger partial charge in [-0.3, -0.25) is 0 Å². The zero-order valence-corrected chi connectivity index (χ0v) is 14.7. The van der Waals surface area contributed by atoms with Crippen LogP contribution in [0.1, 0.15) is 20.8 Å². The first-order valence-corrected chi connectivity index (χ1v) is 8.07. The van der Waals surface area contributed by atoms with E-state index in [1.54, 1.807) is 20.8 Å². The molecule has 0 aromatic carbocycles. The second kappa shape index (κ2) is 24.5. The molecule has 19 heavy (non-hydrogen) atoms. The smallest absolute Gasteiger partial charge is 0.786 e. The van der Waals surface area contributed by atoms with E-state index >= 15 is 0 Å². The van der Waals surface area contributed by atoms with Crippen LogP contribution in [0.4, 0.5) is 0 Å². The molecule has 0 radical (unpaired) electrons. The Balaban J connectivity index is -0.0000000865. The van der Waals surface area contributed by atoms with E-state index in [-0.39, 0.29) is 17.4 Å². The summed E-state index contributed by atoms with van der Waals surface area (Å²) in [6.07, 6.45) is 0. The molecule has 0 rings (SSSR count). The standard InChI is InChI=1S/3C2H6O3P.Al/c3*1-2-5-6(3)4;/h3*3H,2H2,1H3;/q3*-1;+3. The first-order chi connectivity index (χ1) is 8.31. The van der Waals surface area contributed by atoms with Crippen LogP contribution in [0.15, 0.2) is 0 Å². The Morgan fingerprint density at radius 3 is 0.842 bits per heavy atom. The Morgan fingerprint density at radius 2 is 0.842 bits per heavy atom. The Bertz CT molecular complexity index is 119. The second-order valence-electron chi connectivity index (χ2n) is 1.97. The molecule has 13 heteroatoms. The maximum Gasteiger partial charge on any atom is 3.00 e. The third kappa shape index (κ3) is 54.2. The van der Waals surface area contributed by atoms with Gasteiger partial charge in [0.05, 0.1) is 25.8 Å². The van der Waals surface area contributed by atoms with Crippen molar-refractivity contribution in [3.63, 3.8) is 0 Å². The van der Waals surface area contributed by atoms with Crippen LogP contribution < -0.4 is 14.7 Å². The van der Waals surface area contributed by atoms with Crippen molar-refractivity contribution < 1.29 is 42.9 Å². The molecular weight excluding hydrogens is 336 g/mol. The maximum absolute atomic E-state index is 9.53. The van der Waals surface area contributed by atoms with Crippen molar-refractivity contribution >= 4 is 43.2 Å². The molecule has 0 aliphatic carbocycles. The summed E-state index contributed by atoms with van der Waals surface area (Å²) in [5.74, 6) is 0. The van der Waals surface area contributed by atoms with Crippen LogP contribution in [0, 0.1) is 0 Å². The van der Waals surface area contributed by atoms with Crippen molar-refractivity contribution in [2.75, 3.05) is 19.8 Å². The molecule has 0 fully saturated rings. The number of hydrogen-bond donors (Lipinski definition) is 3. The summed E-state index contributed by atoms with van der Waals surface area (Å²) < 4.78 is 12.3. The second-order valence-corrected chi connectivity index (χ2v) is 4.17. The van der Waals surface area contributed by atoms with Crippen LogP contribution in [-0.2, 0) is 13.6 Å². The van der Waals surface area contributed by atoms with E-state index in [0.29, 0.717) is 19.8 Å². The molecule has 3 unspecified atom stereocenters. The summed E-state index contributed by atoms with van der Waals surface area (Å²) in [7, 11) is -7.05. The van der Waals surface area contributed by atoms with E-state index in [9.17, 15) is 14.7 Å². The predicted octanol–water partition coefficient (Wildman–Crippen LogP) is -1.57. The van der Waals surface area contributed by atoms with Crippen molar-refractivity contribution in [1.29, 1.82) is 0 Å². The van der Waals surface area contributed by atoms with Gasteiger partial charge in [0.1, 0.15) is 0 Å². The van der Waals surface area contributed by atoms with Crippen LogP contribution in [0.3, 0.4) is 0 Å². The molecule has 0 aromatic heterocycles. The monoisotopic (exact) mass is 354 g/mol.